The van der Waals surface area contributed by atoms with Crippen LogP contribution in [-0.2, 0) is 17.8 Å². The van der Waals surface area contributed by atoms with E-state index < -0.39 is 26.9 Å². The first-order valence-electron chi connectivity index (χ1n) is 18.7. The number of ether oxygens (including phenoxy) is 2. The minimum Gasteiger partial charge on any atom is -0.462 e. The zero-order chi connectivity index (χ0) is 38.9. The fraction of sp³-hybridized carbons (Fsp3) is 0.553. The molecule has 0 bridgehead atoms. The molecule has 0 aliphatic carbocycles. The highest BCUT2D eigenvalue weighted by Gasteiger charge is 2.29. The van der Waals surface area contributed by atoms with Crippen molar-refractivity contribution in [1.29, 1.82) is 0 Å². The molecule has 15 heteroatoms. The predicted molar refractivity (Wildman–Crippen MR) is 224 cm³/mol. The van der Waals surface area contributed by atoms with Gasteiger partial charge >= 0.3 is 11.9 Å². The van der Waals surface area contributed by atoms with Crippen molar-refractivity contribution in [2.45, 2.75) is 98.1 Å². The summed E-state index contributed by atoms with van der Waals surface area (Å²) < 4.78 is 23.9. The highest BCUT2D eigenvalue weighted by Crippen LogP contribution is 2.49. The summed E-state index contributed by atoms with van der Waals surface area (Å²) in [6, 6.07) is 14.0. The molecule has 0 spiro atoms. The number of rotatable bonds is 24. The Labute approximate surface area is 320 Å². The van der Waals surface area contributed by atoms with E-state index in [4.69, 9.17) is 17.8 Å². The Hall–Kier alpha value is -3.51. The second kappa shape index (κ2) is 21.4. The van der Waals surface area contributed by atoms with E-state index in [2.05, 4.69) is 90.3 Å². The van der Waals surface area contributed by atoms with E-state index in [1.165, 1.54) is 0 Å². The number of anilines is 5. The number of esters is 2. The van der Waals surface area contributed by atoms with Crippen molar-refractivity contribution in [3.05, 3.63) is 59.7 Å². The first-order valence-corrected chi connectivity index (χ1v) is 27.9. The summed E-state index contributed by atoms with van der Waals surface area (Å²) in [4.78, 5) is 38.9. The summed E-state index contributed by atoms with van der Waals surface area (Å²) in [6.45, 7) is 18.9. The SMILES string of the molecule is CCCCCOC(=O)c1ccc(Nc2nc(NCCCS(C)(CO[Si](C)(C)C)O[Si](C)(C)C)nc(Nc3ccc(C(=O)OCCCCC)cc3)n2)cc1. The minimum atomic E-state index is -1.79. The average molecular weight is 787 g/mol. The van der Waals surface area contributed by atoms with Gasteiger partial charge in [0.1, 0.15) is 0 Å². The van der Waals surface area contributed by atoms with Gasteiger partial charge in [-0.1, -0.05) is 39.5 Å². The molecule has 2 aromatic carbocycles. The molecular formula is C38H62N6O6SSi2. The smallest absolute Gasteiger partial charge is 0.338 e. The van der Waals surface area contributed by atoms with Crippen LogP contribution in [0.3, 0.4) is 0 Å². The number of hydrogen-bond acceptors (Lipinski definition) is 12. The molecule has 0 saturated heterocycles. The Bertz CT molecular complexity index is 1480. The average Bonchev–Trinajstić information content (AvgIpc) is 3.09. The van der Waals surface area contributed by atoms with Gasteiger partial charge in [-0.3, -0.25) is 0 Å². The monoisotopic (exact) mass is 786 g/mol. The molecule has 0 aliphatic heterocycles. The van der Waals surface area contributed by atoms with Crippen molar-refractivity contribution < 1.29 is 27.4 Å². The van der Waals surface area contributed by atoms with Gasteiger partial charge in [-0.05, 0) is 113 Å². The molecule has 0 amide bonds. The first kappa shape index (κ1) is 43.9. The van der Waals surface area contributed by atoms with Crippen molar-refractivity contribution in [3.63, 3.8) is 0 Å². The molecule has 0 fully saturated rings. The quantitative estimate of drug-likeness (QED) is 0.0451. The molecule has 1 unspecified atom stereocenters. The van der Waals surface area contributed by atoms with E-state index in [0.717, 1.165) is 50.7 Å². The Morgan fingerprint density at radius 1 is 0.642 bits per heavy atom. The maximum atomic E-state index is 12.5. The van der Waals surface area contributed by atoms with E-state index in [1.54, 1.807) is 48.5 Å². The normalized spacial score (nSPS) is 13.5. The fourth-order valence-electron chi connectivity index (χ4n) is 5.01. The number of nitrogens with one attached hydrogen (secondary N) is 3. The highest BCUT2D eigenvalue weighted by atomic mass is 32.3. The zero-order valence-electron chi connectivity index (χ0n) is 33.3. The largest absolute Gasteiger partial charge is 0.462 e. The highest BCUT2D eigenvalue weighted by molar-refractivity contribution is 8.29. The lowest BCUT2D eigenvalue weighted by Crippen LogP contribution is -2.34. The first-order chi connectivity index (χ1) is 25.1. The van der Waals surface area contributed by atoms with E-state index in [1.807, 2.05) is 0 Å². The van der Waals surface area contributed by atoms with Crippen molar-refractivity contribution in [3.8, 4) is 0 Å². The van der Waals surface area contributed by atoms with Crippen LogP contribution in [0.25, 0.3) is 0 Å². The summed E-state index contributed by atoms with van der Waals surface area (Å²) >= 11 is 0. The molecule has 12 nitrogen and oxygen atoms in total. The molecule has 3 aromatic rings. The van der Waals surface area contributed by atoms with Crippen molar-refractivity contribution in [2.24, 2.45) is 0 Å². The van der Waals surface area contributed by atoms with Gasteiger partial charge in [-0.25, -0.2) is 9.59 Å². The molecule has 1 heterocycles. The second-order valence-corrected chi connectivity index (χ2v) is 27.6. The van der Waals surface area contributed by atoms with Gasteiger partial charge in [0.2, 0.25) is 17.8 Å². The van der Waals surface area contributed by atoms with Crippen molar-refractivity contribution in [1.82, 2.24) is 15.0 Å². The van der Waals surface area contributed by atoms with Crippen LogP contribution in [0.4, 0.5) is 29.2 Å². The Kier molecular flexibility index (Phi) is 17.7. The van der Waals surface area contributed by atoms with Gasteiger partial charge in [0, 0.05) is 23.7 Å². The Morgan fingerprint density at radius 2 is 1.09 bits per heavy atom. The number of carbonyl (C=O) groups is 2. The second-order valence-electron chi connectivity index (χ2n) is 15.1. The Morgan fingerprint density at radius 3 is 1.51 bits per heavy atom. The topological polar surface area (TPSA) is 146 Å². The lowest BCUT2D eigenvalue weighted by Gasteiger charge is -2.42. The third-order valence-electron chi connectivity index (χ3n) is 7.58. The number of aromatic nitrogens is 3. The summed E-state index contributed by atoms with van der Waals surface area (Å²) in [7, 11) is -4.92. The predicted octanol–water partition coefficient (Wildman–Crippen LogP) is 9.86. The molecule has 53 heavy (non-hydrogen) atoms. The molecule has 294 valence electrons. The van der Waals surface area contributed by atoms with E-state index in [9.17, 15) is 9.59 Å². The summed E-state index contributed by atoms with van der Waals surface area (Å²) in [5, 5.41) is 9.86. The lowest BCUT2D eigenvalue weighted by molar-refractivity contribution is 0.0489. The third-order valence-corrected chi connectivity index (χ3v) is 14.2. The van der Waals surface area contributed by atoms with Crippen LogP contribution in [0.2, 0.25) is 39.3 Å². The molecule has 0 aliphatic rings. The van der Waals surface area contributed by atoms with Gasteiger partial charge in [0.25, 0.3) is 0 Å². The fourth-order valence-corrected chi connectivity index (χ4v) is 13.7. The zero-order valence-corrected chi connectivity index (χ0v) is 36.1. The van der Waals surface area contributed by atoms with Crippen LogP contribution in [0, 0.1) is 0 Å². The van der Waals surface area contributed by atoms with Crippen LogP contribution >= 0.6 is 10.3 Å². The van der Waals surface area contributed by atoms with E-state index in [0.29, 0.717) is 66.0 Å². The van der Waals surface area contributed by atoms with Crippen molar-refractivity contribution in [2.75, 3.05) is 53.7 Å². The van der Waals surface area contributed by atoms with Gasteiger partial charge in [-0.2, -0.15) is 15.0 Å². The number of carbonyl (C=O) groups excluding carboxylic acids is 2. The molecule has 0 saturated carbocycles. The standard InChI is InChI=1S/C38H62N6O6SSi2/c1-10-12-14-26-47-34(45)30-17-21-32(22-18-30)40-37-42-36(39-25-16-28-51(3,50-53(7,8)9)29-49-52(4,5)6)43-38(44-37)41-33-23-19-31(20-24-33)35(46)48-27-15-13-11-2/h17-24H,10-16,25-29H2,1-9H3,(H3,39,40,41,42,43,44). The lowest BCUT2D eigenvalue weighted by atomic mass is 10.2. The minimum absolute atomic E-state index is 0.313. The summed E-state index contributed by atoms with van der Waals surface area (Å²) in [5.41, 5.74) is 2.34. The summed E-state index contributed by atoms with van der Waals surface area (Å²) in [6.07, 6.45) is 8.95. The van der Waals surface area contributed by atoms with Crippen LogP contribution in [-0.4, -0.2) is 81.2 Å². The van der Waals surface area contributed by atoms with Crippen molar-refractivity contribution >= 4 is 68.1 Å². The van der Waals surface area contributed by atoms with Crippen LogP contribution < -0.4 is 16.0 Å². The maximum absolute atomic E-state index is 12.5. The van der Waals surface area contributed by atoms with Crippen LogP contribution in [0.5, 0.6) is 0 Å². The third kappa shape index (κ3) is 17.5. The van der Waals surface area contributed by atoms with Gasteiger partial charge < -0.3 is 33.7 Å². The number of benzene rings is 2. The van der Waals surface area contributed by atoms with Gasteiger partial charge in [0.05, 0.1) is 30.3 Å². The van der Waals surface area contributed by atoms with E-state index in [-0.39, 0.29) is 11.9 Å². The molecule has 1 atom stereocenters. The molecule has 1 aromatic heterocycles. The molecular weight excluding hydrogens is 725 g/mol. The molecule has 3 rings (SSSR count). The maximum Gasteiger partial charge on any atom is 0.338 e. The van der Waals surface area contributed by atoms with Crippen LogP contribution in [0.15, 0.2) is 48.5 Å². The van der Waals surface area contributed by atoms with Gasteiger partial charge in [-0.15, -0.1) is 10.3 Å². The van der Waals surface area contributed by atoms with Crippen LogP contribution in [0.1, 0.15) is 79.5 Å². The molecule has 0 radical (unpaired) electrons. The van der Waals surface area contributed by atoms with Gasteiger partial charge in [0.15, 0.2) is 16.6 Å². The number of hydrogen-bond donors (Lipinski definition) is 3. The number of unbranched alkanes of at least 4 members (excludes halogenated alkanes) is 4. The van der Waals surface area contributed by atoms with E-state index >= 15 is 0 Å². The number of nitrogens with zero attached hydrogens (tertiary/aromatic N) is 3. The molecule has 3 N–H and O–H groups in total. The Balaban J connectivity index is 1.75. The summed E-state index contributed by atoms with van der Waals surface area (Å²) in [5.74, 6) is 1.86.